The van der Waals surface area contributed by atoms with Crippen LogP contribution in [0.5, 0.6) is 0 Å². The van der Waals surface area contributed by atoms with E-state index in [1.807, 2.05) is 19.1 Å². The molecule has 7 heteroatoms. The fourth-order valence-electron chi connectivity index (χ4n) is 2.17. The third-order valence-corrected chi connectivity index (χ3v) is 3.18. The molecule has 0 radical (unpaired) electrons. The standard InChI is InChI=1S/C16H16N4O3/c1-3-22-15(21)14-7-12-6-11(4-5-13(12)23-14)8-18-20-9-10(2)19-16(20)17/h4-9H,3H2,1-2H3,(H2,17,19). The van der Waals surface area contributed by atoms with Crippen molar-refractivity contribution in [2.75, 3.05) is 12.3 Å². The van der Waals surface area contributed by atoms with Gasteiger partial charge in [0.1, 0.15) is 5.58 Å². The van der Waals surface area contributed by atoms with Gasteiger partial charge >= 0.3 is 5.97 Å². The van der Waals surface area contributed by atoms with E-state index in [-0.39, 0.29) is 5.76 Å². The molecule has 0 unspecified atom stereocenters. The average Bonchev–Trinajstić information content (AvgIpc) is 3.07. The highest BCUT2D eigenvalue weighted by molar-refractivity contribution is 5.94. The van der Waals surface area contributed by atoms with Crippen molar-refractivity contribution >= 4 is 29.1 Å². The van der Waals surface area contributed by atoms with Gasteiger partial charge in [-0.05, 0) is 43.7 Å². The summed E-state index contributed by atoms with van der Waals surface area (Å²) in [5, 5.41) is 5.05. The van der Waals surface area contributed by atoms with Gasteiger partial charge in [-0.3, -0.25) is 0 Å². The lowest BCUT2D eigenvalue weighted by atomic mass is 10.2. The van der Waals surface area contributed by atoms with Gasteiger partial charge in [0.25, 0.3) is 0 Å². The van der Waals surface area contributed by atoms with Crippen molar-refractivity contribution in [3.8, 4) is 0 Å². The summed E-state index contributed by atoms with van der Waals surface area (Å²) in [7, 11) is 0. The van der Waals surface area contributed by atoms with Gasteiger partial charge in [-0.2, -0.15) is 5.10 Å². The number of hydrogen-bond donors (Lipinski definition) is 1. The van der Waals surface area contributed by atoms with E-state index in [4.69, 9.17) is 14.9 Å². The van der Waals surface area contributed by atoms with Crippen molar-refractivity contribution in [1.82, 2.24) is 9.66 Å². The van der Waals surface area contributed by atoms with Gasteiger partial charge < -0.3 is 14.9 Å². The van der Waals surface area contributed by atoms with E-state index < -0.39 is 5.97 Å². The van der Waals surface area contributed by atoms with Crippen LogP contribution < -0.4 is 5.73 Å². The molecule has 0 aliphatic heterocycles. The number of ether oxygens (including phenoxy) is 1. The molecule has 0 bridgehead atoms. The number of fused-ring (bicyclic) bond motifs is 1. The molecule has 2 heterocycles. The molecule has 3 rings (SSSR count). The van der Waals surface area contributed by atoms with E-state index in [1.165, 1.54) is 4.68 Å². The van der Waals surface area contributed by atoms with Crippen molar-refractivity contribution in [3.05, 3.63) is 47.5 Å². The first kappa shape index (κ1) is 14.8. The number of carbonyl (C=O) groups is 1. The number of esters is 1. The zero-order valence-corrected chi connectivity index (χ0v) is 12.8. The minimum atomic E-state index is -0.472. The van der Waals surface area contributed by atoms with E-state index in [2.05, 4.69) is 10.1 Å². The number of nitrogens with zero attached hydrogens (tertiary/aromatic N) is 3. The summed E-state index contributed by atoms with van der Waals surface area (Å²) < 4.78 is 11.9. The van der Waals surface area contributed by atoms with E-state index in [0.717, 1.165) is 16.6 Å². The third kappa shape index (κ3) is 3.08. The summed E-state index contributed by atoms with van der Waals surface area (Å²) in [5.74, 6) is 0.0405. The average molecular weight is 312 g/mol. The highest BCUT2D eigenvalue weighted by Gasteiger charge is 2.13. The Bertz CT molecular complexity index is 892. The summed E-state index contributed by atoms with van der Waals surface area (Å²) in [6, 6.07) is 7.14. The van der Waals surface area contributed by atoms with Crippen molar-refractivity contribution < 1.29 is 13.9 Å². The largest absolute Gasteiger partial charge is 0.460 e. The zero-order valence-electron chi connectivity index (χ0n) is 12.8. The van der Waals surface area contributed by atoms with Crippen LogP contribution in [0.15, 0.2) is 40.0 Å². The summed E-state index contributed by atoms with van der Waals surface area (Å²) in [4.78, 5) is 15.8. The van der Waals surface area contributed by atoms with Gasteiger partial charge in [0.05, 0.1) is 24.7 Å². The van der Waals surface area contributed by atoms with Gasteiger partial charge in [-0.25, -0.2) is 14.5 Å². The number of carbonyl (C=O) groups excluding carboxylic acids is 1. The highest BCUT2D eigenvalue weighted by atomic mass is 16.5. The first-order valence-electron chi connectivity index (χ1n) is 7.13. The lowest BCUT2D eigenvalue weighted by Gasteiger charge is -1.96. The van der Waals surface area contributed by atoms with Crippen molar-refractivity contribution in [1.29, 1.82) is 0 Å². The van der Waals surface area contributed by atoms with E-state index in [1.54, 1.807) is 31.5 Å². The molecule has 0 fully saturated rings. The fourth-order valence-corrected chi connectivity index (χ4v) is 2.17. The smallest absolute Gasteiger partial charge is 0.374 e. The van der Waals surface area contributed by atoms with Crippen molar-refractivity contribution in [2.45, 2.75) is 13.8 Å². The van der Waals surface area contributed by atoms with Gasteiger partial charge in [0, 0.05) is 5.39 Å². The molecule has 0 saturated carbocycles. The second-order valence-corrected chi connectivity index (χ2v) is 4.96. The molecule has 1 aromatic carbocycles. The van der Waals surface area contributed by atoms with Gasteiger partial charge in [-0.15, -0.1) is 0 Å². The number of nitrogens with two attached hydrogens (primary N) is 1. The maximum Gasteiger partial charge on any atom is 0.374 e. The first-order chi connectivity index (χ1) is 11.1. The van der Waals surface area contributed by atoms with Crippen molar-refractivity contribution in [3.63, 3.8) is 0 Å². The minimum absolute atomic E-state index is 0.186. The summed E-state index contributed by atoms with van der Waals surface area (Å²) in [6.07, 6.45) is 3.40. The lowest BCUT2D eigenvalue weighted by molar-refractivity contribution is 0.0492. The molecular formula is C16H16N4O3. The number of anilines is 1. The summed E-state index contributed by atoms with van der Waals surface area (Å²) in [5.41, 5.74) is 7.99. The minimum Gasteiger partial charge on any atom is -0.460 e. The monoisotopic (exact) mass is 312 g/mol. The molecule has 0 aliphatic carbocycles. The number of aromatic nitrogens is 2. The van der Waals surface area contributed by atoms with Crippen LogP contribution in [-0.2, 0) is 4.74 Å². The number of benzene rings is 1. The number of imidazole rings is 1. The molecule has 0 aliphatic rings. The molecule has 0 saturated heterocycles. The number of nitrogen functional groups attached to an aromatic ring is 1. The predicted octanol–water partition coefficient (Wildman–Crippen LogP) is 2.58. The van der Waals surface area contributed by atoms with Crippen LogP contribution in [0.1, 0.15) is 28.7 Å². The van der Waals surface area contributed by atoms with Crippen LogP contribution in [0.2, 0.25) is 0 Å². The Morgan fingerprint density at radius 1 is 1.48 bits per heavy atom. The molecule has 2 aromatic heterocycles. The molecular weight excluding hydrogens is 296 g/mol. The molecule has 0 amide bonds. The molecule has 0 spiro atoms. The third-order valence-electron chi connectivity index (χ3n) is 3.18. The molecule has 7 nitrogen and oxygen atoms in total. The van der Waals surface area contributed by atoms with Crippen LogP contribution >= 0.6 is 0 Å². The van der Waals surface area contributed by atoms with E-state index in [9.17, 15) is 4.79 Å². The summed E-state index contributed by atoms with van der Waals surface area (Å²) in [6.45, 7) is 3.90. The Balaban J connectivity index is 1.88. The molecule has 0 atom stereocenters. The van der Waals surface area contributed by atoms with Crippen LogP contribution in [-0.4, -0.2) is 28.5 Å². The van der Waals surface area contributed by atoms with E-state index >= 15 is 0 Å². The maximum absolute atomic E-state index is 11.7. The SMILES string of the molecule is CCOC(=O)c1cc2cc(C=Nn3cc(C)nc3N)ccc2o1. The molecule has 3 aromatic rings. The number of hydrogen-bond acceptors (Lipinski definition) is 6. The van der Waals surface area contributed by atoms with Gasteiger partial charge in [0.2, 0.25) is 11.7 Å². The molecule has 118 valence electrons. The van der Waals surface area contributed by atoms with Crippen molar-refractivity contribution in [2.24, 2.45) is 5.10 Å². The molecule has 23 heavy (non-hydrogen) atoms. The molecule has 2 N–H and O–H groups in total. The second-order valence-electron chi connectivity index (χ2n) is 4.96. The normalized spacial score (nSPS) is 11.4. The zero-order chi connectivity index (χ0) is 16.4. The Labute approximate surface area is 132 Å². The Morgan fingerprint density at radius 2 is 2.30 bits per heavy atom. The number of rotatable bonds is 4. The van der Waals surface area contributed by atoms with Crippen LogP contribution in [0.4, 0.5) is 5.95 Å². The van der Waals surface area contributed by atoms with Gasteiger partial charge in [0.15, 0.2) is 0 Å². The maximum atomic E-state index is 11.7. The van der Waals surface area contributed by atoms with Gasteiger partial charge in [-0.1, -0.05) is 0 Å². The Morgan fingerprint density at radius 3 is 3.00 bits per heavy atom. The lowest BCUT2D eigenvalue weighted by Crippen LogP contribution is -2.02. The first-order valence-corrected chi connectivity index (χ1v) is 7.13. The fraction of sp³-hybridized carbons (Fsp3) is 0.188. The quantitative estimate of drug-likeness (QED) is 0.590. The van der Waals surface area contributed by atoms with Crippen LogP contribution in [0, 0.1) is 6.92 Å². The topological polar surface area (TPSA) is 95.6 Å². The van der Waals surface area contributed by atoms with E-state index in [0.29, 0.717) is 18.1 Å². The van der Waals surface area contributed by atoms with Crippen LogP contribution in [0.25, 0.3) is 11.0 Å². The Kier molecular flexibility index (Phi) is 3.84. The highest BCUT2D eigenvalue weighted by Crippen LogP contribution is 2.21. The number of furan rings is 1. The van der Waals surface area contributed by atoms with Crippen LogP contribution in [0.3, 0.4) is 0 Å². The predicted molar refractivity (Wildman–Crippen MR) is 86.5 cm³/mol. The number of aryl methyl sites for hydroxylation is 1. The summed E-state index contributed by atoms with van der Waals surface area (Å²) >= 11 is 0. The Hall–Kier alpha value is -3.09. The second kappa shape index (κ2) is 5.96.